The second-order valence-corrected chi connectivity index (χ2v) is 7.04. The first-order valence-corrected chi connectivity index (χ1v) is 9.14. The number of para-hydroxylation sites is 1. The monoisotopic (exact) mass is 394 g/mol. The van der Waals surface area contributed by atoms with Crippen LogP contribution in [0.3, 0.4) is 0 Å². The average molecular weight is 394 g/mol. The zero-order chi connectivity index (χ0) is 20.9. The third-order valence-corrected chi connectivity index (χ3v) is 4.25. The van der Waals surface area contributed by atoms with Gasteiger partial charge in [-0.1, -0.05) is 30.3 Å². The number of carbonyl (C=O) groups excluding carboxylic acids is 3. The van der Waals surface area contributed by atoms with E-state index < -0.39 is 17.5 Å². The Labute approximate surface area is 168 Å². The molecule has 2 aromatic rings. The van der Waals surface area contributed by atoms with Crippen molar-refractivity contribution >= 4 is 24.1 Å². The van der Waals surface area contributed by atoms with Gasteiger partial charge in [-0.2, -0.15) is 5.10 Å². The fourth-order valence-electron chi connectivity index (χ4n) is 2.75. The molecule has 150 valence electrons. The number of nitrogens with one attached hydrogen (secondary N) is 2. The van der Waals surface area contributed by atoms with E-state index in [0.717, 1.165) is 16.2 Å². The van der Waals surface area contributed by atoms with Crippen LogP contribution in [0.15, 0.2) is 59.7 Å². The van der Waals surface area contributed by atoms with E-state index in [1.807, 2.05) is 48.5 Å². The van der Waals surface area contributed by atoms with E-state index in [4.69, 9.17) is 4.74 Å². The third-order valence-electron chi connectivity index (χ3n) is 4.25. The SMILES string of the molecule is CC1(C)NC(=O)N(CCC(=O)N/N=C\c2cccc(Oc3ccccc3)c2)C1=O. The molecule has 8 nitrogen and oxygen atoms in total. The van der Waals surface area contributed by atoms with Gasteiger partial charge in [0.2, 0.25) is 5.91 Å². The van der Waals surface area contributed by atoms with Crippen molar-refractivity contribution in [2.75, 3.05) is 6.54 Å². The maximum Gasteiger partial charge on any atom is 0.325 e. The lowest BCUT2D eigenvalue weighted by Crippen LogP contribution is -2.40. The summed E-state index contributed by atoms with van der Waals surface area (Å²) in [6.07, 6.45) is 1.45. The minimum Gasteiger partial charge on any atom is -0.457 e. The van der Waals surface area contributed by atoms with E-state index in [-0.39, 0.29) is 18.9 Å². The van der Waals surface area contributed by atoms with Gasteiger partial charge < -0.3 is 10.1 Å². The quantitative estimate of drug-likeness (QED) is 0.428. The first-order valence-electron chi connectivity index (χ1n) is 9.14. The fourth-order valence-corrected chi connectivity index (χ4v) is 2.75. The molecular formula is C21H22N4O4. The van der Waals surface area contributed by atoms with Crippen LogP contribution in [0.2, 0.25) is 0 Å². The van der Waals surface area contributed by atoms with E-state index in [1.165, 1.54) is 6.21 Å². The molecule has 1 fully saturated rings. The van der Waals surface area contributed by atoms with Crippen LogP contribution in [0, 0.1) is 0 Å². The number of nitrogens with zero attached hydrogens (tertiary/aromatic N) is 2. The molecule has 0 aromatic heterocycles. The van der Waals surface area contributed by atoms with Crippen molar-refractivity contribution in [2.45, 2.75) is 25.8 Å². The summed E-state index contributed by atoms with van der Waals surface area (Å²) in [5.41, 5.74) is 2.19. The molecule has 2 N–H and O–H groups in total. The Balaban J connectivity index is 1.50. The number of benzene rings is 2. The topological polar surface area (TPSA) is 100 Å². The minimum atomic E-state index is -0.946. The first kappa shape index (κ1) is 20.1. The van der Waals surface area contributed by atoms with E-state index in [2.05, 4.69) is 15.8 Å². The van der Waals surface area contributed by atoms with E-state index >= 15 is 0 Å². The van der Waals surface area contributed by atoms with E-state index in [1.54, 1.807) is 19.9 Å². The Bertz CT molecular complexity index is 941. The maximum atomic E-state index is 12.1. The van der Waals surface area contributed by atoms with Crippen molar-refractivity contribution in [3.8, 4) is 11.5 Å². The predicted octanol–water partition coefficient (Wildman–Crippen LogP) is 2.65. The molecule has 0 spiro atoms. The molecule has 0 unspecified atom stereocenters. The second kappa shape index (κ2) is 8.55. The summed E-state index contributed by atoms with van der Waals surface area (Å²) in [6, 6.07) is 16.1. The van der Waals surface area contributed by atoms with Crippen LogP contribution in [-0.2, 0) is 9.59 Å². The summed E-state index contributed by atoms with van der Waals surface area (Å²) in [5, 5.41) is 6.49. The largest absolute Gasteiger partial charge is 0.457 e. The van der Waals surface area contributed by atoms with Crippen molar-refractivity contribution in [1.82, 2.24) is 15.6 Å². The standard InChI is InChI=1S/C21H22N4O4/c1-21(2)19(27)25(20(28)23-21)12-11-18(26)24-22-14-15-7-6-10-17(13-15)29-16-8-4-3-5-9-16/h3-10,13-14H,11-12H2,1-2H3,(H,23,28)(H,24,26)/b22-14-. The third kappa shape index (κ3) is 5.19. The van der Waals surface area contributed by atoms with Gasteiger partial charge in [-0.3, -0.25) is 14.5 Å². The Morgan fingerprint density at radius 2 is 1.86 bits per heavy atom. The van der Waals surface area contributed by atoms with Crippen molar-refractivity contribution in [2.24, 2.45) is 5.10 Å². The second-order valence-electron chi connectivity index (χ2n) is 7.04. The lowest BCUT2D eigenvalue weighted by Gasteiger charge is -2.15. The smallest absolute Gasteiger partial charge is 0.325 e. The van der Waals surface area contributed by atoms with Crippen molar-refractivity contribution in [3.63, 3.8) is 0 Å². The molecular weight excluding hydrogens is 372 g/mol. The molecule has 3 rings (SSSR count). The molecule has 0 saturated carbocycles. The Morgan fingerprint density at radius 3 is 2.55 bits per heavy atom. The number of hydrazone groups is 1. The molecule has 1 saturated heterocycles. The van der Waals surface area contributed by atoms with Gasteiger partial charge in [0, 0.05) is 13.0 Å². The predicted molar refractivity (Wildman–Crippen MR) is 108 cm³/mol. The van der Waals surface area contributed by atoms with E-state index in [9.17, 15) is 14.4 Å². The number of urea groups is 1. The highest BCUT2D eigenvalue weighted by atomic mass is 16.5. The Kier molecular flexibility index (Phi) is 5.92. The van der Waals surface area contributed by atoms with Crippen molar-refractivity contribution in [3.05, 3.63) is 60.2 Å². The number of ether oxygens (including phenoxy) is 1. The Morgan fingerprint density at radius 1 is 1.14 bits per heavy atom. The fraction of sp³-hybridized carbons (Fsp3) is 0.238. The van der Waals surface area contributed by atoms with Gasteiger partial charge in [-0.05, 0) is 43.7 Å². The molecule has 29 heavy (non-hydrogen) atoms. The van der Waals surface area contributed by atoms with Crippen molar-refractivity contribution in [1.29, 1.82) is 0 Å². The number of hydrogen-bond acceptors (Lipinski definition) is 5. The molecule has 2 aromatic carbocycles. The van der Waals surface area contributed by atoms with Crippen LogP contribution in [0.4, 0.5) is 4.79 Å². The van der Waals surface area contributed by atoms with Crippen LogP contribution >= 0.6 is 0 Å². The summed E-state index contributed by atoms with van der Waals surface area (Å²) >= 11 is 0. The highest BCUT2D eigenvalue weighted by Crippen LogP contribution is 2.21. The molecule has 8 heteroatoms. The molecule has 0 atom stereocenters. The van der Waals surface area contributed by atoms with Crippen LogP contribution < -0.4 is 15.5 Å². The van der Waals surface area contributed by atoms with Crippen molar-refractivity contribution < 1.29 is 19.1 Å². The summed E-state index contributed by atoms with van der Waals surface area (Å²) in [7, 11) is 0. The van der Waals surface area contributed by atoms with E-state index in [0.29, 0.717) is 5.75 Å². The normalized spacial score (nSPS) is 15.4. The van der Waals surface area contributed by atoms with Gasteiger partial charge in [0.25, 0.3) is 5.91 Å². The molecule has 0 aliphatic carbocycles. The average Bonchev–Trinajstić information content (AvgIpc) is 2.88. The van der Waals surface area contributed by atoms with Gasteiger partial charge in [-0.25, -0.2) is 10.2 Å². The summed E-state index contributed by atoms with van der Waals surface area (Å²) < 4.78 is 5.75. The van der Waals surface area contributed by atoms with Gasteiger partial charge in [-0.15, -0.1) is 0 Å². The summed E-state index contributed by atoms with van der Waals surface area (Å²) in [5.74, 6) is 0.614. The minimum absolute atomic E-state index is 0.00412. The molecule has 4 amide bonds. The molecule has 1 aliphatic rings. The van der Waals surface area contributed by atoms with Crippen LogP contribution in [0.25, 0.3) is 0 Å². The van der Waals surface area contributed by atoms with Gasteiger partial charge in [0.05, 0.1) is 6.21 Å². The highest BCUT2D eigenvalue weighted by Gasteiger charge is 2.43. The number of carbonyl (C=O) groups is 3. The number of amides is 4. The number of rotatable bonds is 7. The number of hydrogen-bond donors (Lipinski definition) is 2. The van der Waals surface area contributed by atoms with Crippen LogP contribution in [-0.4, -0.2) is 41.0 Å². The first-order chi connectivity index (χ1) is 13.8. The summed E-state index contributed by atoms with van der Waals surface area (Å²) in [4.78, 5) is 36.9. The van der Waals surface area contributed by atoms with Gasteiger partial charge >= 0.3 is 6.03 Å². The highest BCUT2D eigenvalue weighted by molar-refractivity contribution is 6.06. The number of imide groups is 1. The zero-order valence-electron chi connectivity index (χ0n) is 16.2. The van der Waals surface area contributed by atoms with Crippen LogP contribution in [0.5, 0.6) is 11.5 Å². The van der Waals surface area contributed by atoms with Gasteiger partial charge in [0.1, 0.15) is 17.0 Å². The lowest BCUT2D eigenvalue weighted by molar-refractivity contribution is -0.130. The molecule has 1 heterocycles. The molecule has 0 bridgehead atoms. The van der Waals surface area contributed by atoms with Gasteiger partial charge in [0.15, 0.2) is 0 Å². The lowest BCUT2D eigenvalue weighted by atomic mass is 10.1. The summed E-state index contributed by atoms with van der Waals surface area (Å²) in [6.45, 7) is 3.23. The molecule has 0 radical (unpaired) electrons. The van der Waals surface area contributed by atoms with Crippen LogP contribution in [0.1, 0.15) is 25.8 Å². The maximum absolute atomic E-state index is 12.1. The zero-order valence-corrected chi connectivity index (χ0v) is 16.2. The Hall–Kier alpha value is -3.68. The molecule has 1 aliphatic heterocycles.